The molecule has 0 spiro atoms. The molecular weight excluding hydrogens is 360 g/mol. The molecule has 1 amide bonds. The zero-order valence-electron chi connectivity index (χ0n) is 16.5. The van der Waals surface area contributed by atoms with Crippen LogP contribution in [0.15, 0.2) is 0 Å². The molecule has 0 radical (unpaired) electrons. The highest BCUT2D eigenvalue weighted by Gasteiger charge is 2.46. The van der Waals surface area contributed by atoms with Gasteiger partial charge in [0.2, 0.25) is 5.91 Å². The molecule has 1 heterocycles. The summed E-state index contributed by atoms with van der Waals surface area (Å²) < 4.78 is 31.1. The molecule has 1 rings (SSSR count). The molecule has 9 atom stereocenters. The van der Waals surface area contributed by atoms with Crippen LogP contribution in [-0.2, 0) is 19.1 Å². The molecule has 0 aromatic heterocycles. The van der Waals surface area contributed by atoms with Gasteiger partial charge in [0.25, 0.3) is 0 Å². The first-order valence-corrected chi connectivity index (χ1v) is 7.58. The molecule has 0 aromatic rings. The first-order valence-electron chi connectivity index (χ1n) is 9.08. The number of aliphatic hydroxyl groups excluding tert-OH is 7. The molecule has 0 bridgehead atoms. The van der Waals surface area contributed by atoms with Crippen molar-refractivity contribution in [1.29, 1.82) is 0 Å². The van der Waals surface area contributed by atoms with E-state index < -0.39 is 81.0 Å². The van der Waals surface area contributed by atoms with Crippen molar-refractivity contribution in [2.75, 3.05) is 13.2 Å². The van der Waals surface area contributed by atoms with E-state index >= 15 is 0 Å². The summed E-state index contributed by atoms with van der Waals surface area (Å²) >= 11 is 0. The Bertz CT molecular complexity index is 549. The number of hydrogen-bond donors (Lipinski definition) is 8. The maximum atomic E-state index is 11.6. The molecule has 1 aliphatic rings. The van der Waals surface area contributed by atoms with Gasteiger partial charge < -0.3 is 55.3 Å². The Morgan fingerprint density at radius 3 is 2.42 bits per heavy atom. The average Bonchev–Trinajstić information content (AvgIpc) is 2.67. The van der Waals surface area contributed by atoms with Gasteiger partial charge >= 0.3 is 0 Å². The molecule has 1 saturated heterocycles. The second-order valence-electron chi connectivity index (χ2n) is 5.67. The summed E-state index contributed by atoms with van der Waals surface area (Å²) in [7, 11) is 0. The molecule has 12 nitrogen and oxygen atoms in total. The van der Waals surface area contributed by atoms with Gasteiger partial charge in [0.1, 0.15) is 55.1 Å². The fraction of sp³-hybridized carbons (Fsp3) is 0.857. The van der Waals surface area contributed by atoms with Crippen LogP contribution < -0.4 is 5.32 Å². The number of ether oxygens (including phenoxy) is 2. The van der Waals surface area contributed by atoms with Crippen LogP contribution in [0.2, 0.25) is 0 Å². The van der Waals surface area contributed by atoms with Crippen molar-refractivity contribution in [1.82, 2.24) is 5.32 Å². The highest BCUT2D eigenvalue weighted by Crippen LogP contribution is 2.24. The quantitative estimate of drug-likeness (QED) is 0.138. The third kappa shape index (κ3) is 5.39. The summed E-state index contributed by atoms with van der Waals surface area (Å²) in [6.07, 6.45) is -14.8. The minimum Gasteiger partial charge on any atom is -0.394 e. The zero-order chi connectivity index (χ0) is 22.5. The van der Waals surface area contributed by atoms with Gasteiger partial charge in [0, 0.05) is 11.0 Å². The smallest absolute Gasteiger partial charge is 0.217 e. The van der Waals surface area contributed by atoms with Gasteiger partial charge in [-0.05, 0) is 0 Å². The van der Waals surface area contributed by atoms with E-state index in [4.69, 9.17) is 23.8 Å². The molecule has 0 unspecified atom stereocenters. The largest absolute Gasteiger partial charge is 0.394 e. The predicted molar refractivity (Wildman–Crippen MR) is 81.4 cm³/mol. The third-order valence-electron chi connectivity index (χ3n) is 3.85. The first-order chi connectivity index (χ1) is 13.4. The molecule has 0 aliphatic carbocycles. The fourth-order valence-electron chi connectivity index (χ4n) is 2.39. The van der Waals surface area contributed by atoms with Crippen LogP contribution in [0.1, 0.15) is 11.0 Å². The lowest BCUT2D eigenvalue weighted by atomic mass is 9.98. The van der Waals surface area contributed by atoms with E-state index in [1.807, 2.05) is 0 Å². The van der Waals surface area contributed by atoms with Gasteiger partial charge in [-0.2, -0.15) is 0 Å². The summed E-state index contributed by atoms with van der Waals surface area (Å²) in [6.45, 7) is -4.98. The molecule has 0 aromatic carbocycles. The Labute approximate surface area is 152 Å². The predicted octanol–water partition coefficient (Wildman–Crippen LogP) is -5.41. The molecule has 12 heteroatoms. The molecule has 8 N–H and O–H groups in total. The number of hydrogen-bond acceptors (Lipinski definition) is 11. The number of nitrogens with one attached hydrogen (secondary N) is 1. The number of aliphatic hydroxyl groups is 7. The van der Waals surface area contributed by atoms with E-state index in [0.717, 1.165) is 0 Å². The van der Waals surface area contributed by atoms with Crippen LogP contribution in [-0.4, -0.2) is 116 Å². The normalized spacial score (nSPS) is 36.0. The minimum absolute atomic E-state index is 0.0396. The Morgan fingerprint density at radius 2 is 1.92 bits per heavy atom. The first kappa shape index (κ1) is 18.2. The van der Waals surface area contributed by atoms with E-state index in [1.165, 1.54) is 0 Å². The van der Waals surface area contributed by atoms with Crippen LogP contribution in [0.5, 0.6) is 0 Å². The van der Waals surface area contributed by atoms with E-state index in [9.17, 15) is 35.1 Å². The summed E-state index contributed by atoms with van der Waals surface area (Å²) in [4.78, 5) is 22.8. The van der Waals surface area contributed by atoms with Crippen LogP contribution in [0.25, 0.3) is 0 Å². The fourth-order valence-corrected chi connectivity index (χ4v) is 2.39. The highest BCUT2D eigenvalue weighted by atomic mass is 16.7. The van der Waals surface area contributed by atoms with Gasteiger partial charge in [0.15, 0.2) is 6.29 Å². The minimum atomic E-state index is -3.15. The van der Waals surface area contributed by atoms with E-state index in [-0.39, 0.29) is 6.29 Å². The van der Waals surface area contributed by atoms with Gasteiger partial charge in [-0.1, -0.05) is 0 Å². The lowest BCUT2D eigenvalue weighted by molar-refractivity contribution is -0.324. The monoisotopic (exact) mass is 388 g/mol. The Balaban J connectivity index is 3.03. The molecule has 0 saturated carbocycles. The SMILES string of the molecule is [2H][13C]([2H])([2H])[13C](=O)N[C@@H](C=O)[C@@H](O)[C@H](O[C@@H]1O[C@H](CO)[C@H](O)[C@H](O)[C@H]1O)[C@H](O)CO. The second-order valence-corrected chi connectivity index (χ2v) is 5.67. The van der Waals surface area contributed by atoms with Crippen molar-refractivity contribution >= 4 is 12.2 Å². The number of carbonyl (C=O) groups excluding carboxylic acids is 2. The van der Waals surface area contributed by atoms with Crippen molar-refractivity contribution in [2.45, 2.75) is 61.9 Å². The second kappa shape index (κ2) is 10.2. The van der Waals surface area contributed by atoms with Crippen molar-refractivity contribution in [3.63, 3.8) is 0 Å². The van der Waals surface area contributed by atoms with Crippen LogP contribution in [0.3, 0.4) is 0 Å². The highest BCUT2D eigenvalue weighted by molar-refractivity contribution is 5.77. The van der Waals surface area contributed by atoms with Crippen LogP contribution >= 0.6 is 0 Å². The molecule has 1 fully saturated rings. The maximum Gasteiger partial charge on any atom is 0.217 e. The van der Waals surface area contributed by atoms with Gasteiger partial charge in [-0.25, -0.2) is 0 Å². The van der Waals surface area contributed by atoms with Crippen molar-refractivity contribution in [3.05, 3.63) is 0 Å². The number of amides is 1. The van der Waals surface area contributed by atoms with Crippen LogP contribution in [0, 0.1) is 0 Å². The van der Waals surface area contributed by atoms with Crippen molar-refractivity contribution in [2.24, 2.45) is 0 Å². The molecule has 1 aliphatic heterocycles. The zero-order valence-corrected chi connectivity index (χ0v) is 13.5. The molecule has 26 heavy (non-hydrogen) atoms. The average molecular weight is 388 g/mol. The Hall–Kier alpha value is -1.22. The van der Waals surface area contributed by atoms with Gasteiger partial charge in [-0.15, -0.1) is 0 Å². The number of rotatable bonds is 9. The van der Waals surface area contributed by atoms with Crippen molar-refractivity contribution < 1.29 is 58.9 Å². The number of aldehydes is 1. The lowest BCUT2D eigenvalue weighted by Crippen LogP contribution is -2.62. The maximum absolute atomic E-state index is 11.6. The van der Waals surface area contributed by atoms with E-state index in [1.54, 1.807) is 5.32 Å². The topological polar surface area (TPSA) is 206 Å². The lowest BCUT2D eigenvalue weighted by Gasteiger charge is -2.42. The van der Waals surface area contributed by atoms with Gasteiger partial charge in [0.05, 0.1) is 13.2 Å². The summed E-state index contributed by atoms with van der Waals surface area (Å²) in [5, 5.41) is 69.8. The third-order valence-corrected chi connectivity index (χ3v) is 3.85. The van der Waals surface area contributed by atoms with E-state index in [2.05, 4.69) is 0 Å². The number of carbonyl (C=O) groups is 2. The van der Waals surface area contributed by atoms with E-state index in [0.29, 0.717) is 0 Å². The van der Waals surface area contributed by atoms with Gasteiger partial charge in [-0.3, -0.25) is 4.79 Å². The summed E-state index contributed by atoms with van der Waals surface area (Å²) in [6, 6.07) is -1.90. The standard InChI is InChI=1S/C14H25NO11/c1-5(19)15-6(2-16)9(21)13(7(20)3-17)26-14-12(24)11(23)10(22)8(4-18)25-14/h2,6-14,17-18,20-24H,3-4H2,1H3,(H,15,19)/t6-,7+,8+,9+,10-,11-,12+,13+,14-/m0/s1/i1+1D3,5+1. The van der Waals surface area contributed by atoms with Crippen molar-refractivity contribution in [3.8, 4) is 0 Å². The Kier molecular flexibility index (Phi) is 7.12. The molecule has 152 valence electrons. The Morgan fingerprint density at radius 1 is 1.27 bits per heavy atom. The summed E-state index contributed by atoms with van der Waals surface area (Å²) in [5.74, 6) is -1.58. The molecular formula is C14H25NO11. The van der Waals surface area contributed by atoms with Crippen LogP contribution in [0.4, 0.5) is 0 Å². The summed E-state index contributed by atoms with van der Waals surface area (Å²) in [5.41, 5.74) is 0.